The molecule has 1 aromatic rings. The van der Waals surface area contributed by atoms with Crippen molar-refractivity contribution in [2.75, 3.05) is 11.9 Å². The third-order valence-corrected chi connectivity index (χ3v) is 2.06. The molecule has 1 heterocycles. The number of rotatable bonds is 5. The van der Waals surface area contributed by atoms with Crippen LogP contribution in [0.25, 0.3) is 0 Å². The van der Waals surface area contributed by atoms with Gasteiger partial charge in [0.05, 0.1) is 0 Å². The molecule has 1 aromatic heterocycles. The summed E-state index contributed by atoms with van der Waals surface area (Å²) in [7, 11) is 0. The number of hydrogen-bond acceptors (Lipinski definition) is 3. The monoisotopic (exact) mass is 209 g/mol. The number of nitrogens with one attached hydrogen (secondary N) is 1. The maximum Gasteiger partial charge on any atom is 0.293 e. The van der Waals surface area contributed by atoms with Crippen LogP contribution in [0.5, 0.6) is 0 Å². The molecule has 15 heavy (non-hydrogen) atoms. The Hall–Kier alpha value is -1.32. The third-order valence-electron chi connectivity index (χ3n) is 2.06. The van der Waals surface area contributed by atoms with E-state index in [0.717, 1.165) is 19.5 Å². The fourth-order valence-corrected chi connectivity index (χ4v) is 1.29. The van der Waals surface area contributed by atoms with E-state index in [2.05, 4.69) is 24.1 Å². The van der Waals surface area contributed by atoms with Crippen molar-refractivity contribution in [3.63, 3.8) is 0 Å². The molecule has 0 saturated heterocycles. The molecule has 1 N–H and O–H groups in total. The van der Waals surface area contributed by atoms with Crippen LogP contribution in [-0.2, 0) is 6.54 Å². The first-order chi connectivity index (χ1) is 7.15. The summed E-state index contributed by atoms with van der Waals surface area (Å²) in [4.78, 5) is 15.9. The van der Waals surface area contributed by atoms with Gasteiger partial charge in [0.25, 0.3) is 5.56 Å². The first kappa shape index (κ1) is 11.8. The minimum absolute atomic E-state index is 0.0278. The molecule has 84 valence electrons. The van der Waals surface area contributed by atoms with Gasteiger partial charge >= 0.3 is 0 Å². The fourth-order valence-electron chi connectivity index (χ4n) is 1.29. The zero-order chi connectivity index (χ0) is 11.3. The second-order valence-electron chi connectivity index (χ2n) is 4.05. The first-order valence-corrected chi connectivity index (χ1v) is 5.44. The number of hydrogen-bond donors (Lipinski definition) is 1. The van der Waals surface area contributed by atoms with Crippen LogP contribution in [0.4, 0.5) is 5.82 Å². The zero-order valence-electron chi connectivity index (χ0n) is 9.66. The SMILES string of the molecule is CCCn1ccnc(NCC(C)C)c1=O. The summed E-state index contributed by atoms with van der Waals surface area (Å²) < 4.78 is 1.69. The Morgan fingerprint density at radius 1 is 1.53 bits per heavy atom. The highest BCUT2D eigenvalue weighted by molar-refractivity contribution is 5.30. The third kappa shape index (κ3) is 3.38. The van der Waals surface area contributed by atoms with Crippen LogP contribution in [0.3, 0.4) is 0 Å². The Balaban J connectivity index is 2.80. The lowest BCUT2D eigenvalue weighted by Crippen LogP contribution is -2.25. The van der Waals surface area contributed by atoms with Gasteiger partial charge in [-0.3, -0.25) is 4.79 Å². The van der Waals surface area contributed by atoms with Crippen LogP contribution in [0.15, 0.2) is 17.2 Å². The van der Waals surface area contributed by atoms with E-state index in [4.69, 9.17) is 0 Å². The molecule has 0 amide bonds. The Bertz CT molecular complexity index is 357. The van der Waals surface area contributed by atoms with E-state index in [0.29, 0.717) is 11.7 Å². The second kappa shape index (κ2) is 5.53. The topological polar surface area (TPSA) is 46.9 Å². The second-order valence-corrected chi connectivity index (χ2v) is 4.05. The standard InChI is InChI=1S/C11H19N3O/c1-4-6-14-7-5-12-10(11(14)15)13-8-9(2)3/h5,7,9H,4,6,8H2,1-3H3,(H,12,13). The molecule has 0 bridgehead atoms. The highest BCUT2D eigenvalue weighted by Gasteiger charge is 2.03. The lowest BCUT2D eigenvalue weighted by molar-refractivity contribution is 0.644. The van der Waals surface area contributed by atoms with Crippen LogP contribution < -0.4 is 10.9 Å². The van der Waals surface area contributed by atoms with E-state index in [9.17, 15) is 4.79 Å². The maximum atomic E-state index is 11.8. The maximum absolute atomic E-state index is 11.8. The van der Waals surface area contributed by atoms with E-state index in [1.165, 1.54) is 0 Å². The smallest absolute Gasteiger partial charge is 0.293 e. The molecule has 0 radical (unpaired) electrons. The van der Waals surface area contributed by atoms with Crippen molar-refractivity contribution in [3.05, 3.63) is 22.7 Å². The van der Waals surface area contributed by atoms with E-state index in [-0.39, 0.29) is 5.56 Å². The fraction of sp³-hybridized carbons (Fsp3) is 0.636. The Kier molecular flexibility index (Phi) is 4.34. The van der Waals surface area contributed by atoms with Crippen molar-refractivity contribution in [1.82, 2.24) is 9.55 Å². The molecule has 0 atom stereocenters. The average molecular weight is 209 g/mol. The van der Waals surface area contributed by atoms with Crippen molar-refractivity contribution in [2.45, 2.75) is 33.7 Å². The van der Waals surface area contributed by atoms with Gasteiger partial charge < -0.3 is 9.88 Å². The van der Waals surface area contributed by atoms with E-state index in [1.807, 2.05) is 6.92 Å². The first-order valence-electron chi connectivity index (χ1n) is 5.44. The molecule has 4 nitrogen and oxygen atoms in total. The van der Waals surface area contributed by atoms with Gasteiger partial charge in [-0.1, -0.05) is 20.8 Å². The van der Waals surface area contributed by atoms with E-state index >= 15 is 0 Å². The largest absolute Gasteiger partial charge is 0.365 e. The van der Waals surface area contributed by atoms with Gasteiger partial charge in [-0.15, -0.1) is 0 Å². The number of nitrogens with zero attached hydrogens (tertiary/aromatic N) is 2. The summed E-state index contributed by atoms with van der Waals surface area (Å²) in [6.07, 6.45) is 4.35. The summed E-state index contributed by atoms with van der Waals surface area (Å²) in [6.45, 7) is 7.77. The molecule has 0 unspecified atom stereocenters. The van der Waals surface area contributed by atoms with Crippen molar-refractivity contribution >= 4 is 5.82 Å². The minimum Gasteiger partial charge on any atom is -0.365 e. The van der Waals surface area contributed by atoms with Crippen LogP contribution in [0.2, 0.25) is 0 Å². The summed E-state index contributed by atoms with van der Waals surface area (Å²) in [6, 6.07) is 0. The van der Waals surface area contributed by atoms with Crippen molar-refractivity contribution < 1.29 is 0 Å². The van der Waals surface area contributed by atoms with Crippen molar-refractivity contribution in [2.24, 2.45) is 5.92 Å². The molecule has 4 heteroatoms. The number of aryl methyl sites for hydroxylation is 1. The molecule has 0 spiro atoms. The summed E-state index contributed by atoms with van der Waals surface area (Å²) in [5, 5.41) is 3.07. The lowest BCUT2D eigenvalue weighted by Gasteiger charge is -2.09. The lowest BCUT2D eigenvalue weighted by atomic mass is 10.2. The quantitative estimate of drug-likeness (QED) is 0.803. The average Bonchev–Trinajstić information content (AvgIpc) is 2.19. The molecular weight excluding hydrogens is 190 g/mol. The molecule has 1 rings (SSSR count). The van der Waals surface area contributed by atoms with Gasteiger partial charge in [0, 0.05) is 25.5 Å². The number of aromatic nitrogens is 2. The normalized spacial score (nSPS) is 10.7. The van der Waals surface area contributed by atoms with Gasteiger partial charge in [-0.05, 0) is 12.3 Å². The molecule has 0 aliphatic rings. The zero-order valence-corrected chi connectivity index (χ0v) is 9.66. The van der Waals surface area contributed by atoms with Crippen molar-refractivity contribution in [1.29, 1.82) is 0 Å². The molecule has 0 aromatic carbocycles. The highest BCUT2D eigenvalue weighted by Crippen LogP contribution is 1.97. The van der Waals surface area contributed by atoms with Crippen molar-refractivity contribution in [3.8, 4) is 0 Å². The molecule has 0 aliphatic heterocycles. The van der Waals surface area contributed by atoms with Gasteiger partial charge in [0.2, 0.25) is 0 Å². The Labute approximate surface area is 90.3 Å². The van der Waals surface area contributed by atoms with E-state index in [1.54, 1.807) is 17.0 Å². The Morgan fingerprint density at radius 2 is 2.27 bits per heavy atom. The predicted octanol–water partition coefficient (Wildman–Crippen LogP) is 1.72. The van der Waals surface area contributed by atoms with Gasteiger partial charge in [0.1, 0.15) is 0 Å². The van der Waals surface area contributed by atoms with Gasteiger partial charge in [0.15, 0.2) is 5.82 Å². The summed E-state index contributed by atoms with van der Waals surface area (Å²) in [5.74, 6) is 0.964. The minimum atomic E-state index is -0.0278. The summed E-state index contributed by atoms with van der Waals surface area (Å²) >= 11 is 0. The highest BCUT2D eigenvalue weighted by atomic mass is 16.1. The van der Waals surface area contributed by atoms with Crippen LogP contribution in [0, 0.1) is 5.92 Å². The van der Waals surface area contributed by atoms with Gasteiger partial charge in [-0.25, -0.2) is 4.98 Å². The summed E-state index contributed by atoms with van der Waals surface area (Å²) in [5.41, 5.74) is -0.0278. The predicted molar refractivity (Wildman–Crippen MR) is 62.1 cm³/mol. The van der Waals surface area contributed by atoms with Gasteiger partial charge in [-0.2, -0.15) is 0 Å². The molecule has 0 fully saturated rings. The number of anilines is 1. The molecule has 0 aliphatic carbocycles. The van der Waals surface area contributed by atoms with Crippen LogP contribution in [-0.4, -0.2) is 16.1 Å². The Morgan fingerprint density at radius 3 is 2.87 bits per heavy atom. The molecule has 0 saturated carbocycles. The molecular formula is C11H19N3O. The van der Waals surface area contributed by atoms with Crippen LogP contribution in [0.1, 0.15) is 27.2 Å². The van der Waals surface area contributed by atoms with Crippen LogP contribution >= 0.6 is 0 Å². The van der Waals surface area contributed by atoms with E-state index < -0.39 is 0 Å².